The lowest BCUT2D eigenvalue weighted by Gasteiger charge is -2.13. The smallest absolute Gasteiger partial charge is 0.141 e. The van der Waals surface area contributed by atoms with E-state index in [1.807, 2.05) is 24.4 Å². The van der Waals surface area contributed by atoms with Crippen molar-refractivity contribution in [2.45, 2.75) is 13.5 Å². The molecule has 0 saturated carbocycles. The highest BCUT2D eigenvalue weighted by Gasteiger charge is 2.05. The molecular formula is C18H18N2O. The normalized spacial score (nSPS) is 10.6. The zero-order chi connectivity index (χ0) is 14.7. The summed E-state index contributed by atoms with van der Waals surface area (Å²) in [5, 5.41) is 4.61. The van der Waals surface area contributed by atoms with Crippen LogP contribution in [0.15, 0.2) is 54.7 Å². The quantitative estimate of drug-likeness (QED) is 0.778. The fourth-order valence-corrected chi connectivity index (χ4v) is 2.46. The zero-order valence-electron chi connectivity index (χ0n) is 12.3. The second-order valence-electron chi connectivity index (χ2n) is 5.05. The first-order chi connectivity index (χ1) is 10.3. The summed E-state index contributed by atoms with van der Waals surface area (Å²) in [6, 6.07) is 16.4. The highest BCUT2D eigenvalue weighted by atomic mass is 16.5. The average Bonchev–Trinajstić information content (AvgIpc) is 2.53. The predicted molar refractivity (Wildman–Crippen MR) is 86.8 cm³/mol. The number of methoxy groups -OCH3 is 1. The summed E-state index contributed by atoms with van der Waals surface area (Å²) < 4.78 is 5.40. The van der Waals surface area contributed by atoms with Gasteiger partial charge >= 0.3 is 0 Å². The van der Waals surface area contributed by atoms with E-state index in [9.17, 15) is 0 Å². The molecule has 0 aliphatic carbocycles. The number of hydrogen-bond donors (Lipinski definition) is 1. The van der Waals surface area contributed by atoms with Gasteiger partial charge < -0.3 is 10.1 Å². The fourth-order valence-electron chi connectivity index (χ4n) is 2.46. The maximum atomic E-state index is 5.40. The lowest BCUT2D eigenvalue weighted by molar-refractivity contribution is 0.416. The van der Waals surface area contributed by atoms with Crippen molar-refractivity contribution in [3.8, 4) is 5.75 Å². The zero-order valence-corrected chi connectivity index (χ0v) is 12.3. The number of para-hydroxylation sites is 1. The lowest BCUT2D eigenvalue weighted by Crippen LogP contribution is -2.02. The molecule has 0 saturated heterocycles. The molecule has 0 aliphatic rings. The van der Waals surface area contributed by atoms with Gasteiger partial charge in [-0.05, 0) is 36.2 Å². The number of pyridine rings is 1. The van der Waals surface area contributed by atoms with E-state index in [-0.39, 0.29) is 0 Å². The monoisotopic (exact) mass is 278 g/mol. The van der Waals surface area contributed by atoms with Crippen LogP contribution in [-0.2, 0) is 6.54 Å². The Labute approximate surface area is 124 Å². The van der Waals surface area contributed by atoms with E-state index in [0.717, 1.165) is 22.3 Å². The van der Waals surface area contributed by atoms with Crippen LogP contribution in [0.2, 0.25) is 0 Å². The minimum absolute atomic E-state index is 0.716. The number of ether oxygens (including phenoxy) is 1. The number of anilines is 1. The first-order valence-electron chi connectivity index (χ1n) is 6.99. The standard InChI is InChI=1S/C18H18N2O/c1-13-8-9-17(21-2)16(11-13)20-12-15-6-3-5-14-7-4-10-19-18(14)15/h3-11,20H,12H2,1-2H3. The van der Waals surface area contributed by atoms with Crippen LogP contribution in [-0.4, -0.2) is 12.1 Å². The molecule has 106 valence electrons. The van der Waals surface area contributed by atoms with Crippen LogP contribution in [0, 0.1) is 6.92 Å². The molecule has 2 aromatic carbocycles. The maximum Gasteiger partial charge on any atom is 0.141 e. The lowest BCUT2D eigenvalue weighted by atomic mass is 10.1. The number of fused-ring (bicyclic) bond motifs is 1. The molecule has 0 atom stereocenters. The molecule has 0 radical (unpaired) electrons. The molecule has 3 rings (SSSR count). The summed E-state index contributed by atoms with van der Waals surface area (Å²) in [5.41, 5.74) is 4.43. The highest BCUT2D eigenvalue weighted by Crippen LogP contribution is 2.26. The number of rotatable bonds is 4. The Morgan fingerprint density at radius 1 is 1.10 bits per heavy atom. The number of hydrogen-bond acceptors (Lipinski definition) is 3. The van der Waals surface area contributed by atoms with E-state index >= 15 is 0 Å². The fraction of sp³-hybridized carbons (Fsp3) is 0.167. The van der Waals surface area contributed by atoms with Crippen LogP contribution in [0.5, 0.6) is 5.75 Å². The van der Waals surface area contributed by atoms with Crippen molar-refractivity contribution in [1.29, 1.82) is 0 Å². The molecule has 3 aromatic rings. The van der Waals surface area contributed by atoms with Crippen molar-refractivity contribution in [2.24, 2.45) is 0 Å². The molecule has 0 spiro atoms. The minimum Gasteiger partial charge on any atom is -0.495 e. The third-order valence-electron chi connectivity index (χ3n) is 3.54. The van der Waals surface area contributed by atoms with Gasteiger partial charge in [0.1, 0.15) is 5.75 Å². The molecule has 1 aromatic heterocycles. The third kappa shape index (κ3) is 2.82. The van der Waals surface area contributed by atoms with Crippen molar-refractivity contribution in [3.05, 3.63) is 65.9 Å². The van der Waals surface area contributed by atoms with Gasteiger partial charge in [-0.15, -0.1) is 0 Å². The van der Waals surface area contributed by atoms with Crippen molar-refractivity contribution >= 4 is 16.6 Å². The predicted octanol–water partition coefficient (Wildman–Crippen LogP) is 4.16. The summed E-state index contributed by atoms with van der Waals surface area (Å²) in [6.45, 7) is 2.79. The van der Waals surface area contributed by atoms with Gasteiger partial charge in [0, 0.05) is 18.1 Å². The Bertz CT molecular complexity index is 763. The number of aromatic nitrogens is 1. The summed E-state index contributed by atoms with van der Waals surface area (Å²) in [6.07, 6.45) is 1.83. The number of nitrogens with zero attached hydrogens (tertiary/aromatic N) is 1. The summed E-state index contributed by atoms with van der Waals surface area (Å²) in [4.78, 5) is 4.48. The Balaban J connectivity index is 1.89. The van der Waals surface area contributed by atoms with Gasteiger partial charge in [0.25, 0.3) is 0 Å². The SMILES string of the molecule is COc1ccc(C)cc1NCc1cccc2cccnc12. The third-order valence-corrected chi connectivity index (χ3v) is 3.54. The maximum absolute atomic E-state index is 5.40. The average molecular weight is 278 g/mol. The van der Waals surface area contributed by atoms with Gasteiger partial charge in [-0.1, -0.05) is 30.3 Å². The molecule has 0 unspecified atom stereocenters. The van der Waals surface area contributed by atoms with Crippen LogP contribution >= 0.6 is 0 Å². The van der Waals surface area contributed by atoms with Gasteiger partial charge in [0.05, 0.1) is 18.3 Å². The summed E-state index contributed by atoms with van der Waals surface area (Å²) in [7, 11) is 1.69. The summed E-state index contributed by atoms with van der Waals surface area (Å²) in [5.74, 6) is 0.855. The number of nitrogens with one attached hydrogen (secondary N) is 1. The molecule has 21 heavy (non-hydrogen) atoms. The second kappa shape index (κ2) is 5.83. The molecule has 1 N–H and O–H groups in total. The molecule has 1 heterocycles. The van der Waals surface area contributed by atoms with Crippen LogP contribution in [0.3, 0.4) is 0 Å². The minimum atomic E-state index is 0.716. The Morgan fingerprint density at radius 2 is 1.95 bits per heavy atom. The van der Waals surface area contributed by atoms with Crippen LogP contribution < -0.4 is 10.1 Å². The first-order valence-corrected chi connectivity index (χ1v) is 6.99. The van der Waals surface area contributed by atoms with E-state index < -0.39 is 0 Å². The van der Waals surface area contributed by atoms with E-state index in [1.165, 1.54) is 11.1 Å². The van der Waals surface area contributed by atoms with Crippen LogP contribution in [0.4, 0.5) is 5.69 Å². The molecule has 0 bridgehead atoms. The molecule has 3 nitrogen and oxygen atoms in total. The van der Waals surface area contributed by atoms with Gasteiger partial charge in [-0.25, -0.2) is 0 Å². The molecule has 0 aliphatic heterocycles. The van der Waals surface area contributed by atoms with Crippen LogP contribution in [0.25, 0.3) is 10.9 Å². The highest BCUT2D eigenvalue weighted by molar-refractivity contribution is 5.81. The van der Waals surface area contributed by atoms with Gasteiger partial charge in [-0.2, -0.15) is 0 Å². The van der Waals surface area contributed by atoms with Crippen molar-refractivity contribution < 1.29 is 4.74 Å². The van der Waals surface area contributed by atoms with E-state index in [1.54, 1.807) is 7.11 Å². The van der Waals surface area contributed by atoms with Crippen LogP contribution in [0.1, 0.15) is 11.1 Å². The van der Waals surface area contributed by atoms with Gasteiger partial charge in [0.15, 0.2) is 0 Å². The van der Waals surface area contributed by atoms with E-state index in [4.69, 9.17) is 4.74 Å². The Morgan fingerprint density at radius 3 is 2.81 bits per heavy atom. The summed E-state index contributed by atoms with van der Waals surface area (Å²) >= 11 is 0. The largest absolute Gasteiger partial charge is 0.495 e. The van der Waals surface area contributed by atoms with E-state index in [2.05, 4.69) is 47.6 Å². The van der Waals surface area contributed by atoms with Crippen molar-refractivity contribution in [2.75, 3.05) is 12.4 Å². The van der Waals surface area contributed by atoms with Crippen molar-refractivity contribution in [1.82, 2.24) is 4.98 Å². The first kappa shape index (κ1) is 13.4. The number of aryl methyl sites for hydroxylation is 1. The number of benzene rings is 2. The van der Waals surface area contributed by atoms with Crippen molar-refractivity contribution in [3.63, 3.8) is 0 Å². The van der Waals surface area contributed by atoms with Gasteiger partial charge in [-0.3, -0.25) is 4.98 Å². The van der Waals surface area contributed by atoms with E-state index in [0.29, 0.717) is 6.54 Å². The molecule has 0 fully saturated rings. The topological polar surface area (TPSA) is 34.1 Å². The Hall–Kier alpha value is -2.55. The molecule has 3 heteroatoms. The molecule has 0 amide bonds. The van der Waals surface area contributed by atoms with Gasteiger partial charge in [0.2, 0.25) is 0 Å². The second-order valence-corrected chi connectivity index (χ2v) is 5.05. The Kier molecular flexibility index (Phi) is 3.73. The molecular weight excluding hydrogens is 260 g/mol.